The Morgan fingerprint density at radius 2 is 1.81 bits per heavy atom. The Balaban J connectivity index is 2.33. The third kappa shape index (κ3) is 3.59. The highest BCUT2D eigenvalue weighted by Crippen LogP contribution is 2.20. The van der Waals surface area contributed by atoms with Crippen molar-refractivity contribution in [3.63, 3.8) is 0 Å². The van der Waals surface area contributed by atoms with Crippen LogP contribution in [0.5, 0.6) is 0 Å². The van der Waals surface area contributed by atoms with Crippen LogP contribution in [-0.4, -0.2) is 23.7 Å². The number of hydrogen-bond acceptors (Lipinski definition) is 3. The fourth-order valence-electron chi connectivity index (χ4n) is 2.23. The van der Waals surface area contributed by atoms with Crippen molar-refractivity contribution in [1.29, 1.82) is 0 Å². The number of halogens is 2. The van der Waals surface area contributed by atoms with Crippen molar-refractivity contribution >= 4 is 18.3 Å². The van der Waals surface area contributed by atoms with Gasteiger partial charge in [0.05, 0.1) is 5.69 Å². The topological polar surface area (TPSA) is 43.7 Å². The van der Waals surface area contributed by atoms with Gasteiger partial charge in [-0.3, -0.25) is 0 Å². The molecule has 0 saturated carbocycles. The summed E-state index contributed by atoms with van der Waals surface area (Å²) in [7, 11) is -1.77. The maximum absolute atomic E-state index is 13.9. The smallest absolute Gasteiger partial charge is 0.423 e. The van der Waals surface area contributed by atoms with Crippen LogP contribution < -0.4 is 10.4 Å². The first-order chi connectivity index (χ1) is 10.0. The molecule has 3 nitrogen and oxygen atoms in total. The number of hydrogen-bond donors (Lipinski definition) is 2. The predicted molar refractivity (Wildman–Crippen MR) is 79.3 cm³/mol. The molecule has 0 spiro atoms. The van der Waals surface area contributed by atoms with E-state index in [0.29, 0.717) is 17.8 Å². The highest BCUT2D eigenvalue weighted by molar-refractivity contribution is 6.59. The summed E-state index contributed by atoms with van der Waals surface area (Å²) >= 11 is 0. The molecule has 0 unspecified atom stereocenters. The Morgan fingerprint density at radius 1 is 1.10 bits per heavy atom. The van der Waals surface area contributed by atoms with Crippen LogP contribution in [-0.2, 0) is 6.54 Å². The lowest BCUT2D eigenvalue weighted by Gasteiger charge is -2.25. The van der Waals surface area contributed by atoms with E-state index in [-0.39, 0.29) is 17.8 Å². The molecule has 0 radical (unpaired) electrons. The molecular weight excluding hydrogens is 275 g/mol. The third-order valence-corrected chi connectivity index (χ3v) is 3.32. The second-order valence-electron chi connectivity index (χ2n) is 4.68. The average molecular weight is 291 g/mol. The van der Waals surface area contributed by atoms with Crippen molar-refractivity contribution in [3.05, 3.63) is 59.7 Å². The van der Waals surface area contributed by atoms with Crippen LogP contribution in [0.1, 0.15) is 12.5 Å². The third-order valence-electron chi connectivity index (χ3n) is 3.32. The molecule has 0 bridgehead atoms. The summed E-state index contributed by atoms with van der Waals surface area (Å²) in [5, 5.41) is 18.7. The first-order valence-electron chi connectivity index (χ1n) is 6.67. The summed E-state index contributed by atoms with van der Waals surface area (Å²) in [5.41, 5.74) is 1.05. The summed E-state index contributed by atoms with van der Waals surface area (Å²) in [6.07, 6.45) is 0. The van der Waals surface area contributed by atoms with Crippen molar-refractivity contribution in [2.24, 2.45) is 0 Å². The monoisotopic (exact) mass is 291 g/mol. The van der Waals surface area contributed by atoms with Gasteiger partial charge in [-0.15, -0.1) is 0 Å². The van der Waals surface area contributed by atoms with Crippen LogP contribution in [0.4, 0.5) is 14.5 Å². The summed E-state index contributed by atoms with van der Waals surface area (Å²) in [4.78, 5) is 1.74. The minimum absolute atomic E-state index is 0.0878. The molecule has 2 aromatic rings. The van der Waals surface area contributed by atoms with Crippen molar-refractivity contribution in [2.75, 3.05) is 11.4 Å². The summed E-state index contributed by atoms with van der Waals surface area (Å²) in [5.74, 6) is -0.900. The molecule has 2 rings (SSSR count). The molecule has 0 aliphatic heterocycles. The molecule has 0 saturated heterocycles. The minimum Gasteiger partial charge on any atom is -0.423 e. The van der Waals surface area contributed by atoms with Gasteiger partial charge in [-0.1, -0.05) is 18.2 Å². The van der Waals surface area contributed by atoms with Crippen LogP contribution in [0.2, 0.25) is 0 Å². The van der Waals surface area contributed by atoms with Gasteiger partial charge in [0.25, 0.3) is 0 Å². The van der Waals surface area contributed by atoms with Crippen molar-refractivity contribution in [2.45, 2.75) is 13.5 Å². The van der Waals surface area contributed by atoms with Gasteiger partial charge >= 0.3 is 7.12 Å². The normalized spacial score (nSPS) is 10.5. The molecule has 0 fully saturated rings. The largest absolute Gasteiger partial charge is 0.488 e. The van der Waals surface area contributed by atoms with Gasteiger partial charge in [-0.25, -0.2) is 8.78 Å². The number of nitrogens with zero attached hydrogens (tertiary/aromatic N) is 1. The van der Waals surface area contributed by atoms with Crippen molar-refractivity contribution in [3.8, 4) is 0 Å². The van der Waals surface area contributed by atoms with Crippen LogP contribution in [0, 0.1) is 11.6 Å². The number of rotatable bonds is 5. The molecule has 2 aromatic carbocycles. The van der Waals surface area contributed by atoms with Gasteiger partial charge in [0.15, 0.2) is 0 Å². The second kappa shape index (κ2) is 6.69. The molecule has 6 heteroatoms. The summed E-state index contributed by atoms with van der Waals surface area (Å²) in [6.45, 7) is 2.65. The second-order valence-corrected chi connectivity index (χ2v) is 4.68. The fraction of sp³-hybridized carbons (Fsp3) is 0.200. The lowest BCUT2D eigenvalue weighted by molar-refractivity contribution is 0.425. The van der Waals surface area contributed by atoms with E-state index < -0.39 is 12.9 Å². The Hall–Kier alpha value is -1.92. The predicted octanol–water partition coefficient (Wildman–Crippen LogP) is 1.67. The molecule has 0 atom stereocenters. The van der Waals surface area contributed by atoms with Crippen LogP contribution >= 0.6 is 0 Å². The van der Waals surface area contributed by atoms with E-state index in [9.17, 15) is 18.8 Å². The van der Waals surface area contributed by atoms with Gasteiger partial charge in [0.2, 0.25) is 0 Å². The minimum atomic E-state index is -1.77. The van der Waals surface area contributed by atoms with Gasteiger partial charge < -0.3 is 14.9 Å². The number of anilines is 1. The van der Waals surface area contributed by atoms with Gasteiger partial charge in [0, 0.05) is 13.1 Å². The van der Waals surface area contributed by atoms with Crippen LogP contribution in [0.3, 0.4) is 0 Å². The zero-order valence-electron chi connectivity index (χ0n) is 11.6. The zero-order valence-corrected chi connectivity index (χ0v) is 11.6. The molecular formula is C15H16BF2NO2. The standard InChI is InChI=1S/C15H16BF2NO2/c1-2-19(15-6-4-3-5-14(15)18)10-11-7-8-12(17)9-13(11)16(20)21/h3-9,20-21H,2,10H2,1H3. The van der Waals surface area contributed by atoms with E-state index in [1.54, 1.807) is 23.1 Å². The SMILES string of the molecule is CCN(Cc1ccc(F)cc1B(O)O)c1ccccc1F. The van der Waals surface area contributed by atoms with E-state index in [4.69, 9.17) is 0 Å². The van der Waals surface area contributed by atoms with E-state index in [1.807, 2.05) is 6.92 Å². The first kappa shape index (κ1) is 15.5. The lowest BCUT2D eigenvalue weighted by atomic mass is 9.77. The Morgan fingerprint density at radius 3 is 2.43 bits per heavy atom. The van der Waals surface area contributed by atoms with Gasteiger partial charge in [-0.05, 0) is 42.2 Å². The molecule has 2 N–H and O–H groups in total. The molecule has 110 valence electrons. The van der Waals surface area contributed by atoms with Crippen LogP contribution in [0.25, 0.3) is 0 Å². The average Bonchev–Trinajstić information content (AvgIpc) is 2.46. The Kier molecular flexibility index (Phi) is 4.93. The Bertz CT molecular complexity index is 622. The van der Waals surface area contributed by atoms with Crippen LogP contribution in [0.15, 0.2) is 42.5 Å². The molecule has 0 heterocycles. The lowest BCUT2D eigenvalue weighted by Crippen LogP contribution is -2.36. The molecule has 0 aliphatic rings. The van der Waals surface area contributed by atoms with E-state index in [2.05, 4.69) is 0 Å². The summed E-state index contributed by atoms with van der Waals surface area (Å²) in [6, 6.07) is 10.2. The van der Waals surface area contributed by atoms with E-state index in [1.165, 1.54) is 18.2 Å². The highest BCUT2D eigenvalue weighted by atomic mass is 19.1. The van der Waals surface area contributed by atoms with Gasteiger partial charge in [-0.2, -0.15) is 0 Å². The quantitative estimate of drug-likeness (QED) is 0.824. The molecule has 21 heavy (non-hydrogen) atoms. The highest BCUT2D eigenvalue weighted by Gasteiger charge is 2.19. The van der Waals surface area contributed by atoms with Gasteiger partial charge in [0.1, 0.15) is 11.6 Å². The van der Waals surface area contributed by atoms with Crippen molar-refractivity contribution < 1.29 is 18.8 Å². The Labute approximate surface area is 122 Å². The maximum atomic E-state index is 13.9. The summed E-state index contributed by atoms with van der Waals surface area (Å²) < 4.78 is 27.1. The molecule has 0 amide bonds. The maximum Gasteiger partial charge on any atom is 0.488 e. The fourth-order valence-corrected chi connectivity index (χ4v) is 2.23. The van der Waals surface area contributed by atoms with Crippen molar-refractivity contribution in [1.82, 2.24) is 0 Å². The molecule has 0 aliphatic carbocycles. The first-order valence-corrected chi connectivity index (χ1v) is 6.67. The zero-order chi connectivity index (χ0) is 15.4. The number of benzene rings is 2. The number of para-hydroxylation sites is 1. The van der Waals surface area contributed by atoms with E-state index >= 15 is 0 Å². The van der Waals surface area contributed by atoms with E-state index in [0.717, 1.165) is 6.07 Å². The molecule has 0 aromatic heterocycles.